The first-order valence-electron chi connectivity index (χ1n) is 24.2. The number of para-hydroxylation sites is 4. The minimum atomic E-state index is -0.645. The second-order valence-electron chi connectivity index (χ2n) is 18.4. The van der Waals surface area contributed by atoms with Gasteiger partial charge < -0.3 is 14.4 Å². The minimum Gasteiger partial charge on any atom is -0.310 e. The van der Waals surface area contributed by atoms with Crippen LogP contribution in [0.2, 0.25) is 0 Å². The summed E-state index contributed by atoms with van der Waals surface area (Å²) in [4.78, 5) is 4.97. The van der Waals surface area contributed by atoms with E-state index in [0.717, 1.165) is 50.9 Å². The molecule has 2 aliphatic carbocycles. The predicted molar refractivity (Wildman–Crippen MR) is 292 cm³/mol. The van der Waals surface area contributed by atoms with E-state index in [1.54, 1.807) is 0 Å². The van der Waals surface area contributed by atoms with E-state index >= 15 is 0 Å². The normalized spacial score (nSPS) is 14.1. The summed E-state index contributed by atoms with van der Waals surface area (Å²) < 4.78 is 2.42. The molecule has 12 aromatic rings. The SMILES string of the molecule is c1ccc(-c2cccc(N(c3ccc4c5ccccc5n(-c5ccccc5)c4c3)c3cccc4c3-c3ccccc3C43c4ccccc4-c4cccc(N(c5ccccc5)c5ccccc5)c43)c2)cc1. The average Bonchev–Trinajstić information content (AvgIpc) is 4.05. The van der Waals surface area contributed by atoms with Crippen molar-refractivity contribution >= 4 is 55.9 Å². The molecule has 1 spiro atoms. The van der Waals surface area contributed by atoms with Crippen LogP contribution in [0.3, 0.4) is 0 Å². The van der Waals surface area contributed by atoms with Crippen LogP contribution >= 0.6 is 0 Å². The van der Waals surface area contributed by atoms with Crippen molar-refractivity contribution in [2.45, 2.75) is 5.41 Å². The van der Waals surface area contributed by atoms with Crippen molar-refractivity contribution in [1.82, 2.24) is 4.57 Å². The Balaban J connectivity index is 1.07. The van der Waals surface area contributed by atoms with Gasteiger partial charge in [0.1, 0.15) is 0 Å². The Hall–Kier alpha value is -9.18. The highest BCUT2D eigenvalue weighted by molar-refractivity contribution is 6.11. The Bertz CT molecular complexity index is 3910. The van der Waals surface area contributed by atoms with Gasteiger partial charge in [-0.25, -0.2) is 0 Å². The first-order valence-corrected chi connectivity index (χ1v) is 24.2. The van der Waals surface area contributed by atoms with Crippen LogP contribution in [-0.2, 0) is 5.41 Å². The highest BCUT2D eigenvalue weighted by Crippen LogP contribution is 2.67. The lowest BCUT2D eigenvalue weighted by Crippen LogP contribution is -2.28. The molecular weight excluding hydrogens is 847 g/mol. The van der Waals surface area contributed by atoms with Gasteiger partial charge in [0, 0.05) is 50.3 Å². The number of hydrogen-bond donors (Lipinski definition) is 0. The summed E-state index contributed by atoms with van der Waals surface area (Å²) in [5.74, 6) is 0. The maximum absolute atomic E-state index is 2.52. The van der Waals surface area contributed by atoms with Crippen molar-refractivity contribution in [2.24, 2.45) is 0 Å². The topological polar surface area (TPSA) is 11.4 Å². The molecule has 3 heteroatoms. The number of rotatable bonds is 8. The summed E-state index contributed by atoms with van der Waals surface area (Å²) in [6, 6.07) is 100. The van der Waals surface area contributed by atoms with Gasteiger partial charge in [-0.2, -0.15) is 0 Å². The third kappa shape index (κ3) is 5.88. The maximum atomic E-state index is 2.52. The number of benzene rings is 11. The van der Waals surface area contributed by atoms with Gasteiger partial charge in [-0.1, -0.05) is 194 Å². The van der Waals surface area contributed by atoms with Crippen molar-refractivity contribution in [3.8, 4) is 39.1 Å². The zero-order valence-corrected chi connectivity index (χ0v) is 38.3. The molecule has 14 rings (SSSR count). The first-order chi connectivity index (χ1) is 34.8. The first kappa shape index (κ1) is 39.9. The summed E-state index contributed by atoms with van der Waals surface area (Å²) in [7, 11) is 0. The van der Waals surface area contributed by atoms with Crippen LogP contribution in [0.15, 0.2) is 273 Å². The summed E-state index contributed by atoms with van der Waals surface area (Å²) in [6.07, 6.45) is 0. The summed E-state index contributed by atoms with van der Waals surface area (Å²) in [5.41, 5.74) is 22.0. The fourth-order valence-corrected chi connectivity index (χ4v) is 12.0. The Kier molecular flexibility index (Phi) is 9.11. The van der Waals surface area contributed by atoms with Crippen LogP contribution in [0.25, 0.3) is 60.9 Å². The Morgan fingerprint density at radius 2 is 0.800 bits per heavy atom. The highest BCUT2D eigenvalue weighted by Gasteiger charge is 2.54. The van der Waals surface area contributed by atoms with Crippen LogP contribution < -0.4 is 9.80 Å². The molecule has 70 heavy (non-hydrogen) atoms. The van der Waals surface area contributed by atoms with E-state index < -0.39 is 5.41 Å². The van der Waals surface area contributed by atoms with Gasteiger partial charge in [-0.15, -0.1) is 0 Å². The largest absolute Gasteiger partial charge is 0.310 e. The molecule has 0 saturated carbocycles. The maximum Gasteiger partial charge on any atom is 0.0746 e. The summed E-state index contributed by atoms with van der Waals surface area (Å²) in [6.45, 7) is 0. The van der Waals surface area contributed by atoms with E-state index in [0.29, 0.717) is 0 Å². The molecule has 328 valence electrons. The second kappa shape index (κ2) is 16.0. The fraction of sp³-hybridized carbons (Fsp3) is 0.0149. The number of hydrogen-bond acceptors (Lipinski definition) is 2. The van der Waals surface area contributed by atoms with Gasteiger partial charge in [-0.3, -0.25) is 0 Å². The number of aromatic nitrogens is 1. The van der Waals surface area contributed by atoms with Gasteiger partial charge in [0.05, 0.1) is 27.8 Å². The molecule has 11 aromatic carbocycles. The number of nitrogens with zero attached hydrogens (tertiary/aromatic N) is 3. The molecule has 1 unspecified atom stereocenters. The van der Waals surface area contributed by atoms with E-state index in [2.05, 4.69) is 287 Å². The Labute approximate surface area is 408 Å². The molecule has 1 atom stereocenters. The van der Waals surface area contributed by atoms with Crippen LogP contribution in [0.4, 0.5) is 34.1 Å². The quantitative estimate of drug-likeness (QED) is 0.151. The molecule has 1 heterocycles. The van der Waals surface area contributed by atoms with E-state index in [1.807, 2.05) is 0 Å². The Morgan fingerprint density at radius 1 is 0.300 bits per heavy atom. The molecule has 0 N–H and O–H groups in total. The van der Waals surface area contributed by atoms with Crippen molar-refractivity contribution in [1.29, 1.82) is 0 Å². The lowest BCUT2D eigenvalue weighted by Gasteiger charge is -2.36. The summed E-state index contributed by atoms with van der Waals surface area (Å²) in [5, 5.41) is 2.45. The molecule has 0 radical (unpaired) electrons. The highest BCUT2D eigenvalue weighted by atomic mass is 15.2. The molecule has 0 bridgehead atoms. The lowest BCUT2D eigenvalue weighted by molar-refractivity contribution is 0.793. The smallest absolute Gasteiger partial charge is 0.0746 e. The van der Waals surface area contributed by atoms with Crippen molar-refractivity contribution in [3.63, 3.8) is 0 Å². The van der Waals surface area contributed by atoms with E-state index in [4.69, 9.17) is 0 Å². The van der Waals surface area contributed by atoms with E-state index in [-0.39, 0.29) is 0 Å². The molecule has 1 aromatic heterocycles. The van der Waals surface area contributed by atoms with Crippen LogP contribution in [0, 0.1) is 0 Å². The molecular formula is C67H45N3. The third-order valence-electron chi connectivity index (χ3n) is 14.7. The lowest BCUT2D eigenvalue weighted by atomic mass is 9.70. The molecule has 2 aliphatic rings. The molecule has 0 fully saturated rings. The standard InChI is InChI=1S/C67H45N3/c1-5-22-46(23-6-1)47-24-19-31-51(44-47)69(52-42-43-55-54-33-15-18-39-61(54)70(64(55)45-52)50-29-11-4-12-30-50)62-40-21-38-60-65(62)57-34-14-17-37-59(57)67(60)58-36-16-13-32-53(58)56-35-20-41-63(66(56)67)68(48-25-7-2-8-26-48)49-27-9-3-10-28-49/h1-45H. The van der Waals surface area contributed by atoms with E-state index in [1.165, 1.54) is 66.4 Å². The van der Waals surface area contributed by atoms with Crippen LogP contribution in [0.5, 0.6) is 0 Å². The molecule has 0 saturated heterocycles. The van der Waals surface area contributed by atoms with Crippen molar-refractivity contribution in [2.75, 3.05) is 9.80 Å². The summed E-state index contributed by atoms with van der Waals surface area (Å²) >= 11 is 0. The second-order valence-corrected chi connectivity index (χ2v) is 18.4. The van der Waals surface area contributed by atoms with Crippen molar-refractivity contribution in [3.05, 3.63) is 295 Å². The third-order valence-corrected chi connectivity index (χ3v) is 14.7. The minimum absolute atomic E-state index is 0.645. The van der Waals surface area contributed by atoms with E-state index in [9.17, 15) is 0 Å². The number of anilines is 6. The zero-order chi connectivity index (χ0) is 46.2. The predicted octanol–water partition coefficient (Wildman–Crippen LogP) is 17.7. The van der Waals surface area contributed by atoms with Gasteiger partial charge in [0.2, 0.25) is 0 Å². The van der Waals surface area contributed by atoms with Crippen molar-refractivity contribution < 1.29 is 0 Å². The average molecular weight is 892 g/mol. The van der Waals surface area contributed by atoms with Gasteiger partial charge in [0.15, 0.2) is 0 Å². The number of fused-ring (bicyclic) bond motifs is 13. The Morgan fingerprint density at radius 3 is 1.56 bits per heavy atom. The zero-order valence-electron chi connectivity index (χ0n) is 38.3. The fourth-order valence-electron chi connectivity index (χ4n) is 12.0. The van der Waals surface area contributed by atoms with Crippen LogP contribution in [-0.4, -0.2) is 4.57 Å². The van der Waals surface area contributed by atoms with Gasteiger partial charge in [-0.05, 0) is 123 Å². The van der Waals surface area contributed by atoms with Gasteiger partial charge >= 0.3 is 0 Å². The monoisotopic (exact) mass is 891 g/mol. The molecule has 3 nitrogen and oxygen atoms in total. The van der Waals surface area contributed by atoms with Gasteiger partial charge in [0.25, 0.3) is 0 Å². The molecule has 0 aliphatic heterocycles. The van der Waals surface area contributed by atoms with Crippen LogP contribution in [0.1, 0.15) is 22.3 Å². The molecule has 0 amide bonds.